The maximum atomic E-state index is 12.9. The first-order valence-corrected chi connectivity index (χ1v) is 9.50. The zero-order valence-electron chi connectivity index (χ0n) is 15.2. The molecule has 144 valence electrons. The van der Waals surface area contributed by atoms with Gasteiger partial charge in [-0.05, 0) is 70.5 Å². The first-order valence-electron chi connectivity index (χ1n) is 8.42. The Hall–Kier alpha value is -2.88. The molecule has 0 saturated carbocycles. The van der Waals surface area contributed by atoms with Crippen molar-refractivity contribution in [3.63, 3.8) is 0 Å². The molecule has 0 spiro atoms. The number of imide groups is 2. The molecule has 8 heteroatoms. The van der Waals surface area contributed by atoms with Crippen LogP contribution in [0.15, 0.2) is 42.0 Å². The van der Waals surface area contributed by atoms with Gasteiger partial charge in [0.05, 0.1) is 16.4 Å². The van der Waals surface area contributed by atoms with E-state index in [0.29, 0.717) is 14.8 Å². The number of hydrogen-bond acceptors (Lipinski definition) is 5. The number of anilines is 1. The van der Waals surface area contributed by atoms with Crippen LogP contribution in [0, 0.1) is 3.57 Å². The van der Waals surface area contributed by atoms with E-state index in [2.05, 4.69) is 5.32 Å². The first-order chi connectivity index (χ1) is 13.3. The summed E-state index contributed by atoms with van der Waals surface area (Å²) in [7, 11) is 1.40. The Bertz CT molecular complexity index is 998. The Morgan fingerprint density at radius 1 is 1.18 bits per heavy atom. The Morgan fingerprint density at radius 3 is 2.46 bits per heavy atom. The number of aryl methyl sites for hydroxylation is 1. The number of phenols is 1. The summed E-state index contributed by atoms with van der Waals surface area (Å²) in [6.45, 7) is 2.00. The van der Waals surface area contributed by atoms with E-state index in [1.165, 1.54) is 19.3 Å². The van der Waals surface area contributed by atoms with Gasteiger partial charge in [0.15, 0.2) is 11.5 Å². The fourth-order valence-corrected chi connectivity index (χ4v) is 3.40. The lowest BCUT2D eigenvalue weighted by atomic mass is 10.1. The number of benzene rings is 2. The van der Waals surface area contributed by atoms with Gasteiger partial charge in [-0.1, -0.05) is 19.1 Å². The van der Waals surface area contributed by atoms with E-state index in [1.807, 2.05) is 41.6 Å². The van der Waals surface area contributed by atoms with Crippen molar-refractivity contribution in [2.45, 2.75) is 13.3 Å². The number of nitrogens with zero attached hydrogens (tertiary/aromatic N) is 1. The lowest BCUT2D eigenvalue weighted by Crippen LogP contribution is -2.54. The zero-order valence-corrected chi connectivity index (χ0v) is 17.3. The Labute approximate surface area is 175 Å². The van der Waals surface area contributed by atoms with Crippen molar-refractivity contribution < 1.29 is 24.2 Å². The molecule has 1 heterocycles. The first kappa shape index (κ1) is 19.9. The second-order valence-corrected chi connectivity index (χ2v) is 7.19. The molecule has 2 N–H and O–H groups in total. The number of nitrogens with one attached hydrogen (secondary N) is 1. The Morgan fingerprint density at radius 2 is 1.86 bits per heavy atom. The SMILES string of the molecule is CCc1ccc(N2C(=O)NC(=O)C(=Cc3cc(I)c(O)c(OC)c3)C2=O)cc1. The lowest BCUT2D eigenvalue weighted by Gasteiger charge is -2.26. The molecule has 1 fully saturated rings. The van der Waals surface area contributed by atoms with Gasteiger partial charge < -0.3 is 9.84 Å². The molecule has 2 aromatic rings. The summed E-state index contributed by atoms with van der Waals surface area (Å²) < 4.78 is 5.60. The molecule has 7 nitrogen and oxygen atoms in total. The van der Waals surface area contributed by atoms with Gasteiger partial charge in [0, 0.05) is 0 Å². The average Bonchev–Trinajstić information content (AvgIpc) is 2.68. The second kappa shape index (κ2) is 8.01. The number of amides is 4. The number of hydrogen-bond donors (Lipinski definition) is 2. The van der Waals surface area contributed by atoms with Crippen LogP contribution in [0.3, 0.4) is 0 Å². The highest BCUT2D eigenvalue weighted by molar-refractivity contribution is 14.1. The molecule has 4 amide bonds. The predicted molar refractivity (Wildman–Crippen MR) is 112 cm³/mol. The van der Waals surface area contributed by atoms with Crippen molar-refractivity contribution in [3.8, 4) is 11.5 Å². The molecule has 0 unspecified atom stereocenters. The third-order valence-electron chi connectivity index (χ3n) is 4.29. The highest BCUT2D eigenvalue weighted by atomic mass is 127. The number of carbonyl (C=O) groups excluding carboxylic acids is 3. The summed E-state index contributed by atoms with van der Waals surface area (Å²) >= 11 is 1.92. The third-order valence-corrected chi connectivity index (χ3v) is 5.11. The van der Waals surface area contributed by atoms with Crippen LogP contribution >= 0.6 is 22.6 Å². The van der Waals surface area contributed by atoms with Gasteiger partial charge in [0.25, 0.3) is 11.8 Å². The molecule has 2 aromatic carbocycles. The van der Waals surface area contributed by atoms with Gasteiger partial charge in [0.1, 0.15) is 5.57 Å². The Balaban J connectivity index is 2.02. The molecule has 0 atom stereocenters. The van der Waals surface area contributed by atoms with E-state index in [9.17, 15) is 19.5 Å². The van der Waals surface area contributed by atoms with Crippen LogP contribution in [0.2, 0.25) is 0 Å². The molecule has 1 aliphatic rings. The second-order valence-electron chi connectivity index (χ2n) is 6.03. The number of rotatable bonds is 4. The normalized spacial score (nSPS) is 15.8. The molecule has 0 aliphatic carbocycles. The van der Waals surface area contributed by atoms with E-state index in [-0.39, 0.29) is 17.1 Å². The molecule has 28 heavy (non-hydrogen) atoms. The number of phenolic OH excluding ortho intramolecular Hbond substituents is 1. The summed E-state index contributed by atoms with van der Waals surface area (Å²) in [4.78, 5) is 38.4. The number of methoxy groups -OCH3 is 1. The van der Waals surface area contributed by atoms with Crippen molar-refractivity contribution in [2.24, 2.45) is 0 Å². The van der Waals surface area contributed by atoms with Gasteiger partial charge in [0.2, 0.25) is 0 Å². The monoisotopic (exact) mass is 492 g/mol. The van der Waals surface area contributed by atoms with E-state index < -0.39 is 17.8 Å². The highest BCUT2D eigenvalue weighted by Gasteiger charge is 2.36. The summed E-state index contributed by atoms with van der Waals surface area (Å²) in [5, 5.41) is 12.1. The number of ether oxygens (including phenoxy) is 1. The molecule has 0 radical (unpaired) electrons. The van der Waals surface area contributed by atoms with Crippen LogP contribution in [-0.4, -0.2) is 30.1 Å². The standard InChI is InChI=1S/C20H17IN2O5/c1-3-11-4-6-13(7-5-11)23-19(26)14(18(25)22-20(23)27)8-12-9-15(21)17(24)16(10-12)28-2/h4-10,24H,3H2,1-2H3,(H,22,25,27). The maximum Gasteiger partial charge on any atom is 0.335 e. The fraction of sp³-hybridized carbons (Fsp3) is 0.150. The smallest absolute Gasteiger partial charge is 0.335 e. The van der Waals surface area contributed by atoms with Gasteiger partial charge in [-0.25, -0.2) is 9.69 Å². The largest absolute Gasteiger partial charge is 0.504 e. The van der Waals surface area contributed by atoms with Crippen molar-refractivity contribution in [1.82, 2.24) is 5.32 Å². The van der Waals surface area contributed by atoms with E-state index in [1.54, 1.807) is 18.2 Å². The number of urea groups is 1. The van der Waals surface area contributed by atoms with Crippen molar-refractivity contribution >= 4 is 52.2 Å². The molecule has 0 aromatic heterocycles. The van der Waals surface area contributed by atoms with Crippen LogP contribution in [-0.2, 0) is 16.0 Å². The molecule has 1 saturated heterocycles. The summed E-state index contributed by atoms with van der Waals surface area (Å²) in [6, 6.07) is 9.28. The topological polar surface area (TPSA) is 95.9 Å². The van der Waals surface area contributed by atoms with Crippen LogP contribution in [0.5, 0.6) is 11.5 Å². The molecule has 0 bridgehead atoms. The highest BCUT2D eigenvalue weighted by Crippen LogP contribution is 2.33. The van der Waals surface area contributed by atoms with Crippen molar-refractivity contribution in [2.75, 3.05) is 12.0 Å². The van der Waals surface area contributed by atoms with Gasteiger partial charge >= 0.3 is 6.03 Å². The van der Waals surface area contributed by atoms with E-state index >= 15 is 0 Å². The summed E-state index contributed by atoms with van der Waals surface area (Å²) in [5.41, 5.74) is 1.72. The van der Waals surface area contributed by atoms with E-state index in [0.717, 1.165) is 16.9 Å². The minimum Gasteiger partial charge on any atom is -0.504 e. The molecular weight excluding hydrogens is 475 g/mol. The summed E-state index contributed by atoms with van der Waals surface area (Å²) in [5.74, 6) is -1.32. The van der Waals surface area contributed by atoms with Gasteiger partial charge in [-0.2, -0.15) is 0 Å². The maximum absolute atomic E-state index is 12.9. The van der Waals surface area contributed by atoms with Crippen LogP contribution < -0.4 is 15.0 Å². The number of halogens is 1. The van der Waals surface area contributed by atoms with Crippen molar-refractivity contribution in [1.29, 1.82) is 0 Å². The van der Waals surface area contributed by atoms with Crippen LogP contribution in [0.25, 0.3) is 6.08 Å². The minimum absolute atomic E-state index is 0.0301. The van der Waals surface area contributed by atoms with E-state index in [4.69, 9.17) is 4.74 Å². The van der Waals surface area contributed by atoms with Gasteiger partial charge in [-0.3, -0.25) is 14.9 Å². The van der Waals surface area contributed by atoms with Gasteiger partial charge in [-0.15, -0.1) is 0 Å². The number of barbiturate groups is 1. The Kier molecular flexibility index (Phi) is 5.68. The molecule has 3 rings (SSSR count). The number of aromatic hydroxyl groups is 1. The van der Waals surface area contributed by atoms with Crippen LogP contribution in [0.4, 0.5) is 10.5 Å². The predicted octanol–water partition coefficient (Wildman–Crippen LogP) is 3.23. The number of carbonyl (C=O) groups is 3. The minimum atomic E-state index is -0.797. The molecule has 1 aliphatic heterocycles. The average molecular weight is 492 g/mol. The quantitative estimate of drug-likeness (QED) is 0.388. The molecular formula is C20H17IN2O5. The fourth-order valence-electron chi connectivity index (χ4n) is 2.77. The van der Waals surface area contributed by atoms with Crippen molar-refractivity contribution in [3.05, 3.63) is 56.7 Å². The lowest BCUT2D eigenvalue weighted by molar-refractivity contribution is -0.122. The third kappa shape index (κ3) is 3.72. The zero-order chi connectivity index (χ0) is 20.4. The van der Waals surface area contributed by atoms with Crippen LogP contribution in [0.1, 0.15) is 18.1 Å². The summed E-state index contributed by atoms with van der Waals surface area (Å²) in [6.07, 6.45) is 2.19.